The highest BCUT2D eigenvalue weighted by molar-refractivity contribution is 6.26. The van der Waals surface area contributed by atoms with Gasteiger partial charge in [-0.25, -0.2) is 9.97 Å². The largest absolute Gasteiger partial charge is 0.309 e. The molecule has 0 N–H and O–H groups in total. The minimum atomic E-state index is 0.531. The van der Waals surface area contributed by atoms with Gasteiger partial charge in [0, 0.05) is 45.9 Å². The highest BCUT2D eigenvalue weighted by atomic mass is 15.2. The van der Waals surface area contributed by atoms with E-state index in [1.54, 1.807) is 12.4 Å². The topological polar surface area (TPSA) is 59.7 Å². The van der Waals surface area contributed by atoms with E-state index in [9.17, 15) is 0 Å². The molecule has 1 aliphatic heterocycles. The minimum absolute atomic E-state index is 0.531. The van der Waals surface area contributed by atoms with Crippen LogP contribution in [0.15, 0.2) is 207 Å². The summed E-state index contributed by atoms with van der Waals surface area (Å²) in [6.07, 6.45) is 3.58. The molecule has 0 radical (unpaired) electrons. The van der Waals surface area contributed by atoms with Crippen LogP contribution in [0, 0.1) is 0 Å². The van der Waals surface area contributed by atoms with E-state index in [1.807, 2.05) is 42.5 Å². The van der Waals surface area contributed by atoms with E-state index in [0.717, 1.165) is 67.2 Å². The summed E-state index contributed by atoms with van der Waals surface area (Å²) < 4.78 is 2.29. The second-order valence-corrected chi connectivity index (χ2v) is 15.1. The monoisotopic (exact) mass is 766 g/mol. The lowest BCUT2D eigenvalue weighted by atomic mass is 9.86. The number of anilines is 3. The molecule has 0 spiro atoms. The Morgan fingerprint density at radius 3 is 1.80 bits per heavy atom. The van der Waals surface area contributed by atoms with E-state index < -0.39 is 0 Å². The van der Waals surface area contributed by atoms with Crippen LogP contribution in [0.4, 0.5) is 17.1 Å². The fraction of sp³-hybridized carbons (Fsp3) is 0. The normalized spacial score (nSPS) is 12.0. The third kappa shape index (κ3) is 5.35. The molecular formula is C54H34N6. The molecular weight excluding hydrogens is 733 g/mol. The van der Waals surface area contributed by atoms with Crippen molar-refractivity contribution in [3.8, 4) is 62.1 Å². The summed E-state index contributed by atoms with van der Waals surface area (Å²) in [5.41, 5.74) is 14.7. The van der Waals surface area contributed by atoms with Crippen molar-refractivity contribution in [1.82, 2.24) is 24.5 Å². The van der Waals surface area contributed by atoms with E-state index in [4.69, 9.17) is 15.0 Å². The maximum atomic E-state index is 5.30. The fourth-order valence-corrected chi connectivity index (χ4v) is 9.04. The van der Waals surface area contributed by atoms with E-state index in [0.29, 0.717) is 11.5 Å². The minimum Gasteiger partial charge on any atom is -0.309 e. The number of benzene rings is 7. The van der Waals surface area contributed by atoms with Crippen LogP contribution >= 0.6 is 0 Å². The average Bonchev–Trinajstić information content (AvgIpc) is 3.67. The van der Waals surface area contributed by atoms with E-state index in [2.05, 4.69) is 166 Å². The maximum absolute atomic E-state index is 5.30. The van der Waals surface area contributed by atoms with Crippen molar-refractivity contribution < 1.29 is 0 Å². The molecule has 0 unspecified atom stereocenters. The lowest BCUT2D eigenvalue weighted by Crippen LogP contribution is -2.15. The molecule has 60 heavy (non-hydrogen) atoms. The summed E-state index contributed by atoms with van der Waals surface area (Å²) in [5, 5.41) is 4.72. The van der Waals surface area contributed by atoms with Gasteiger partial charge in [-0.1, -0.05) is 127 Å². The number of hydrogen-bond acceptors (Lipinski definition) is 5. The number of para-hydroxylation sites is 1. The van der Waals surface area contributed by atoms with Crippen molar-refractivity contribution in [2.24, 2.45) is 0 Å². The van der Waals surface area contributed by atoms with Crippen LogP contribution in [0.25, 0.3) is 94.7 Å². The number of fused-ring (bicyclic) bond motifs is 6. The zero-order chi connectivity index (χ0) is 39.6. The first-order chi connectivity index (χ1) is 29.8. The Bertz CT molecular complexity index is 3350. The first-order valence-corrected chi connectivity index (χ1v) is 20.1. The molecule has 0 atom stereocenters. The third-order valence-corrected chi connectivity index (χ3v) is 11.6. The van der Waals surface area contributed by atoms with Crippen LogP contribution in [0.2, 0.25) is 0 Å². The molecule has 0 fully saturated rings. The number of rotatable bonds is 6. The third-order valence-electron chi connectivity index (χ3n) is 11.6. The SMILES string of the molecule is c1ccc(-c2ccc3c(c2)c2c4c(ccc2n3-c2cc(-c3ccccn3)nc(-c3ccccn3)n2)-c2ccc(-c3ccccc3)c3cccc(c23)N4c2ccccc2)cc1. The fourth-order valence-electron chi connectivity index (χ4n) is 9.04. The summed E-state index contributed by atoms with van der Waals surface area (Å²) in [6, 6.07) is 68.6. The number of aromatic nitrogens is 5. The molecule has 280 valence electrons. The summed E-state index contributed by atoms with van der Waals surface area (Å²) in [7, 11) is 0. The number of pyridine rings is 2. The first-order valence-electron chi connectivity index (χ1n) is 20.1. The van der Waals surface area contributed by atoms with Gasteiger partial charge in [0.15, 0.2) is 5.82 Å². The van der Waals surface area contributed by atoms with Crippen LogP contribution in [0.3, 0.4) is 0 Å². The predicted molar refractivity (Wildman–Crippen MR) is 245 cm³/mol. The second-order valence-electron chi connectivity index (χ2n) is 15.1. The van der Waals surface area contributed by atoms with Crippen LogP contribution in [0.1, 0.15) is 0 Å². The van der Waals surface area contributed by atoms with Crippen molar-refractivity contribution >= 4 is 49.6 Å². The highest BCUT2D eigenvalue weighted by Crippen LogP contribution is 2.56. The summed E-state index contributed by atoms with van der Waals surface area (Å²) in [4.78, 5) is 22.2. The van der Waals surface area contributed by atoms with E-state index in [1.165, 1.54) is 33.0 Å². The standard InChI is InChI=1S/C54H34N6/c1-4-15-35(16-5-1)37-25-29-47-43(33-37)52-49(60(47)50-34-46(44-22-10-12-31-55-44)57-54(58-50)45-23-11-13-32-56-45)30-28-42-41-27-26-39(36-17-6-2-7-18-36)40-21-14-24-48(51(40)41)59(53(42)52)38-19-8-3-9-20-38/h1-34H. The van der Waals surface area contributed by atoms with E-state index in [-0.39, 0.29) is 0 Å². The van der Waals surface area contributed by atoms with Crippen molar-refractivity contribution in [3.05, 3.63) is 207 Å². The first kappa shape index (κ1) is 33.9. The summed E-state index contributed by atoms with van der Waals surface area (Å²) in [6.45, 7) is 0. The molecule has 0 saturated heterocycles. The Morgan fingerprint density at radius 2 is 1.05 bits per heavy atom. The molecule has 12 rings (SSSR count). The van der Waals surface area contributed by atoms with E-state index >= 15 is 0 Å². The lowest BCUT2D eigenvalue weighted by molar-refractivity contribution is 1.03. The molecule has 6 nitrogen and oxygen atoms in total. The van der Waals surface area contributed by atoms with Gasteiger partial charge in [0.2, 0.25) is 0 Å². The zero-order valence-corrected chi connectivity index (χ0v) is 32.3. The summed E-state index contributed by atoms with van der Waals surface area (Å²) >= 11 is 0. The molecule has 1 aliphatic rings. The van der Waals surface area contributed by atoms with Crippen molar-refractivity contribution in [2.75, 3.05) is 4.90 Å². The molecule has 5 heterocycles. The molecule has 0 bridgehead atoms. The van der Waals surface area contributed by atoms with Crippen LogP contribution in [-0.4, -0.2) is 24.5 Å². The van der Waals surface area contributed by atoms with Gasteiger partial charge >= 0.3 is 0 Å². The average molecular weight is 767 g/mol. The molecule has 7 aromatic carbocycles. The maximum Gasteiger partial charge on any atom is 0.180 e. The molecule has 0 saturated carbocycles. The van der Waals surface area contributed by atoms with Crippen LogP contribution in [0.5, 0.6) is 0 Å². The predicted octanol–water partition coefficient (Wildman–Crippen LogP) is 13.6. The van der Waals surface area contributed by atoms with Gasteiger partial charge in [0.25, 0.3) is 0 Å². The Kier molecular flexibility index (Phi) is 7.74. The smallest absolute Gasteiger partial charge is 0.180 e. The molecule has 11 aromatic rings. The Hall–Kier alpha value is -8.22. The highest BCUT2D eigenvalue weighted by Gasteiger charge is 2.31. The second kappa shape index (κ2) is 13.7. The van der Waals surface area contributed by atoms with Gasteiger partial charge < -0.3 is 4.90 Å². The summed E-state index contributed by atoms with van der Waals surface area (Å²) in [5.74, 6) is 1.26. The Balaban J connectivity index is 1.21. The van der Waals surface area contributed by atoms with Gasteiger partial charge in [0.1, 0.15) is 11.5 Å². The van der Waals surface area contributed by atoms with Gasteiger partial charge in [-0.3, -0.25) is 14.5 Å². The van der Waals surface area contributed by atoms with Crippen LogP contribution < -0.4 is 4.90 Å². The van der Waals surface area contributed by atoms with Gasteiger partial charge in [0.05, 0.1) is 33.8 Å². The van der Waals surface area contributed by atoms with Crippen LogP contribution in [-0.2, 0) is 0 Å². The van der Waals surface area contributed by atoms with Crippen molar-refractivity contribution in [3.63, 3.8) is 0 Å². The van der Waals surface area contributed by atoms with Crippen molar-refractivity contribution in [2.45, 2.75) is 0 Å². The van der Waals surface area contributed by atoms with Gasteiger partial charge in [-0.15, -0.1) is 0 Å². The zero-order valence-electron chi connectivity index (χ0n) is 32.3. The molecule has 0 amide bonds. The molecule has 6 heteroatoms. The lowest BCUT2D eigenvalue weighted by Gasteiger charge is -2.34. The molecule has 0 aliphatic carbocycles. The quantitative estimate of drug-likeness (QED) is 0.169. The Labute approximate surface area is 346 Å². The number of hydrogen-bond donors (Lipinski definition) is 0. The number of nitrogens with zero attached hydrogens (tertiary/aromatic N) is 6. The molecule has 4 aromatic heterocycles. The Morgan fingerprint density at radius 1 is 0.383 bits per heavy atom. The van der Waals surface area contributed by atoms with Gasteiger partial charge in [-0.05, 0) is 93.9 Å². The van der Waals surface area contributed by atoms with Gasteiger partial charge in [-0.2, -0.15) is 0 Å². The van der Waals surface area contributed by atoms with Crippen molar-refractivity contribution in [1.29, 1.82) is 0 Å².